The first-order valence-corrected chi connectivity index (χ1v) is 4.04. The van der Waals surface area contributed by atoms with Gasteiger partial charge in [-0.15, -0.1) is 0 Å². The van der Waals surface area contributed by atoms with Crippen molar-refractivity contribution in [3.63, 3.8) is 0 Å². The number of halogens is 1. The summed E-state index contributed by atoms with van der Waals surface area (Å²) in [5.41, 5.74) is 6.99. The summed E-state index contributed by atoms with van der Waals surface area (Å²) >= 11 is 5.87. The normalized spacial score (nSPS) is 10.6. The van der Waals surface area contributed by atoms with Gasteiger partial charge in [0.2, 0.25) is 0 Å². The van der Waals surface area contributed by atoms with Gasteiger partial charge in [-0.25, -0.2) is 9.97 Å². The standard InChI is InChI=1S/C7H8ClN5/c1-13-3-11-6(8)5(13)4-2-10-7(9)12-4/h2-3H,1H3,(H3,9,10,12). The molecule has 0 saturated heterocycles. The third-order valence-corrected chi connectivity index (χ3v) is 2.02. The number of nitrogens with two attached hydrogens (primary N) is 1. The first kappa shape index (κ1) is 8.12. The molecule has 0 saturated carbocycles. The van der Waals surface area contributed by atoms with Crippen LogP contribution in [0.4, 0.5) is 5.95 Å². The van der Waals surface area contributed by atoms with E-state index in [0.717, 1.165) is 11.4 Å². The maximum atomic E-state index is 5.87. The van der Waals surface area contributed by atoms with Crippen LogP contribution in [0.15, 0.2) is 12.5 Å². The van der Waals surface area contributed by atoms with Crippen LogP contribution in [0.2, 0.25) is 5.15 Å². The van der Waals surface area contributed by atoms with Crippen molar-refractivity contribution in [1.29, 1.82) is 0 Å². The van der Waals surface area contributed by atoms with Gasteiger partial charge in [-0.2, -0.15) is 0 Å². The minimum Gasteiger partial charge on any atom is -0.369 e. The zero-order chi connectivity index (χ0) is 9.42. The minimum atomic E-state index is 0.368. The second-order valence-electron chi connectivity index (χ2n) is 2.68. The summed E-state index contributed by atoms with van der Waals surface area (Å²) in [6.45, 7) is 0. The maximum absolute atomic E-state index is 5.87. The lowest BCUT2D eigenvalue weighted by Gasteiger charge is -1.97. The van der Waals surface area contributed by atoms with Gasteiger partial charge in [0.05, 0.1) is 18.2 Å². The van der Waals surface area contributed by atoms with Crippen molar-refractivity contribution in [3.8, 4) is 11.4 Å². The summed E-state index contributed by atoms with van der Waals surface area (Å²) in [6.07, 6.45) is 3.26. The first-order valence-electron chi connectivity index (χ1n) is 3.66. The molecule has 0 aliphatic carbocycles. The van der Waals surface area contributed by atoms with Gasteiger partial charge in [-0.05, 0) is 0 Å². The van der Waals surface area contributed by atoms with Crippen molar-refractivity contribution in [2.45, 2.75) is 0 Å². The van der Waals surface area contributed by atoms with E-state index >= 15 is 0 Å². The SMILES string of the molecule is Cn1cnc(Cl)c1-c1cnc(N)[nH]1. The number of nitrogens with one attached hydrogen (secondary N) is 1. The van der Waals surface area contributed by atoms with Gasteiger partial charge < -0.3 is 15.3 Å². The van der Waals surface area contributed by atoms with Crippen LogP contribution in [-0.2, 0) is 7.05 Å². The number of hydrogen-bond donors (Lipinski definition) is 2. The first-order chi connectivity index (χ1) is 6.18. The Morgan fingerprint density at radius 3 is 2.77 bits per heavy atom. The molecule has 2 aromatic rings. The van der Waals surface area contributed by atoms with Crippen molar-refractivity contribution < 1.29 is 0 Å². The van der Waals surface area contributed by atoms with Crippen molar-refractivity contribution in [2.24, 2.45) is 7.05 Å². The number of aromatic amines is 1. The molecule has 0 fully saturated rings. The zero-order valence-corrected chi connectivity index (χ0v) is 7.71. The van der Waals surface area contributed by atoms with Crippen LogP contribution < -0.4 is 5.73 Å². The van der Waals surface area contributed by atoms with Gasteiger partial charge in [0.25, 0.3) is 0 Å². The summed E-state index contributed by atoms with van der Waals surface area (Å²) in [5.74, 6) is 0.368. The number of anilines is 1. The van der Waals surface area contributed by atoms with Gasteiger partial charge in [-0.3, -0.25) is 0 Å². The van der Waals surface area contributed by atoms with E-state index < -0.39 is 0 Å². The smallest absolute Gasteiger partial charge is 0.197 e. The lowest BCUT2D eigenvalue weighted by atomic mass is 10.3. The molecule has 0 aromatic carbocycles. The average Bonchev–Trinajstić information content (AvgIpc) is 2.60. The number of hydrogen-bond acceptors (Lipinski definition) is 3. The van der Waals surface area contributed by atoms with Gasteiger partial charge in [0.1, 0.15) is 5.69 Å². The molecule has 0 radical (unpaired) electrons. The third kappa shape index (κ3) is 1.27. The second-order valence-corrected chi connectivity index (χ2v) is 3.04. The highest BCUT2D eigenvalue weighted by Gasteiger charge is 2.10. The number of H-pyrrole nitrogens is 1. The molecule has 0 amide bonds. The maximum Gasteiger partial charge on any atom is 0.197 e. The minimum absolute atomic E-state index is 0.368. The van der Waals surface area contributed by atoms with E-state index in [1.807, 2.05) is 7.05 Å². The van der Waals surface area contributed by atoms with Gasteiger partial charge in [0, 0.05) is 7.05 Å². The van der Waals surface area contributed by atoms with Crippen LogP contribution >= 0.6 is 11.6 Å². The van der Waals surface area contributed by atoms with E-state index in [2.05, 4.69) is 15.0 Å². The monoisotopic (exact) mass is 197 g/mol. The van der Waals surface area contributed by atoms with Gasteiger partial charge in [0.15, 0.2) is 11.1 Å². The molecule has 68 valence electrons. The van der Waals surface area contributed by atoms with E-state index in [1.54, 1.807) is 17.1 Å². The topological polar surface area (TPSA) is 72.5 Å². The molecule has 0 atom stereocenters. The molecule has 0 aliphatic heterocycles. The number of aryl methyl sites for hydroxylation is 1. The third-order valence-electron chi connectivity index (χ3n) is 1.74. The summed E-state index contributed by atoms with van der Waals surface area (Å²) < 4.78 is 1.80. The van der Waals surface area contributed by atoms with Crippen LogP contribution in [0.3, 0.4) is 0 Å². The largest absolute Gasteiger partial charge is 0.369 e. The molecule has 0 aliphatic rings. The molecule has 13 heavy (non-hydrogen) atoms. The van der Waals surface area contributed by atoms with Crippen molar-refractivity contribution >= 4 is 17.5 Å². The van der Waals surface area contributed by atoms with Gasteiger partial charge in [-0.1, -0.05) is 11.6 Å². The van der Waals surface area contributed by atoms with Crippen LogP contribution in [0.25, 0.3) is 11.4 Å². The predicted molar refractivity (Wildman–Crippen MR) is 50.2 cm³/mol. The molecule has 6 heteroatoms. The molecule has 2 rings (SSSR count). The van der Waals surface area contributed by atoms with Gasteiger partial charge >= 0.3 is 0 Å². The molecule has 2 heterocycles. The molecule has 5 nitrogen and oxygen atoms in total. The average molecular weight is 198 g/mol. The number of aromatic nitrogens is 4. The van der Waals surface area contributed by atoms with Crippen LogP contribution in [-0.4, -0.2) is 19.5 Å². The molecule has 0 unspecified atom stereocenters. The number of nitrogen functional groups attached to an aromatic ring is 1. The summed E-state index contributed by atoms with van der Waals surface area (Å²) in [4.78, 5) is 10.7. The van der Waals surface area contributed by atoms with E-state index in [4.69, 9.17) is 17.3 Å². The highest BCUT2D eigenvalue weighted by Crippen LogP contribution is 2.24. The Balaban J connectivity index is 2.57. The summed E-state index contributed by atoms with van der Waals surface area (Å²) in [6, 6.07) is 0. The Hall–Kier alpha value is -1.49. The number of rotatable bonds is 1. The van der Waals surface area contributed by atoms with E-state index in [0.29, 0.717) is 11.1 Å². The Bertz CT molecular complexity index is 410. The van der Waals surface area contributed by atoms with E-state index in [-0.39, 0.29) is 0 Å². The zero-order valence-electron chi connectivity index (χ0n) is 6.95. The Morgan fingerprint density at radius 1 is 1.54 bits per heavy atom. The highest BCUT2D eigenvalue weighted by molar-refractivity contribution is 6.31. The molecule has 3 N–H and O–H groups in total. The fourth-order valence-electron chi connectivity index (χ4n) is 1.16. The second kappa shape index (κ2) is 2.77. The number of imidazole rings is 2. The lowest BCUT2D eigenvalue weighted by molar-refractivity contribution is 0.918. The Kier molecular flexibility index (Phi) is 1.73. The van der Waals surface area contributed by atoms with Crippen LogP contribution in [0.5, 0.6) is 0 Å². The molecule has 2 aromatic heterocycles. The fourth-order valence-corrected chi connectivity index (χ4v) is 1.44. The quantitative estimate of drug-likeness (QED) is 0.718. The summed E-state index contributed by atoms with van der Waals surface area (Å²) in [7, 11) is 1.85. The van der Waals surface area contributed by atoms with Crippen molar-refractivity contribution in [3.05, 3.63) is 17.7 Å². The Morgan fingerprint density at radius 2 is 2.31 bits per heavy atom. The lowest BCUT2D eigenvalue weighted by Crippen LogP contribution is -1.91. The predicted octanol–water partition coefficient (Wildman–Crippen LogP) is 1.05. The molecule has 0 spiro atoms. The van der Waals surface area contributed by atoms with Crippen molar-refractivity contribution in [1.82, 2.24) is 19.5 Å². The summed E-state index contributed by atoms with van der Waals surface area (Å²) in [5, 5.41) is 0.436. The molecular formula is C7H8ClN5. The highest BCUT2D eigenvalue weighted by atomic mass is 35.5. The van der Waals surface area contributed by atoms with Crippen LogP contribution in [0, 0.1) is 0 Å². The fraction of sp³-hybridized carbons (Fsp3) is 0.143. The van der Waals surface area contributed by atoms with Crippen LogP contribution in [0.1, 0.15) is 0 Å². The molecular weight excluding hydrogens is 190 g/mol. The number of nitrogens with zero attached hydrogens (tertiary/aromatic N) is 3. The van der Waals surface area contributed by atoms with E-state index in [9.17, 15) is 0 Å². The molecule has 0 bridgehead atoms. The van der Waals surface area contributed by atoms with Crippen molar-refractivity contribution in [2.75, 3.05) is 5.73 Å². The van der Waals surface area contributed by atoms with E-state index in [1.165, 1.54) is 0 Å². The Labute approximate surface area is 79.6 Å².